The van der Waals surface area contributed by atoms with Gasteiger partial charge in [-0.25, -0.2) is 0 Å². The van der Waals surface area contributed by atoms with Gasteiger partial charge in [0, 0.05) is 16.6 Å². The third-order valence-corrected chi connectivity index (χ3v) is 5.92. The van der Waals surface area contributed by atoms with Crippen LogP contribution in [-0.4, -0.2) is 35.9 Å². The SMILES string of the molecule is CCCNC(=O)[C@H](CCC)N1C(=O)CO[C@@H](c2ccc(Cl)cc2)[C@H]1c1ccc(Cl)cc1. The van der Waals surface area contributed by atoms with Gasteiger partial charge in [-0.15, -0.1) is 0 Å². The van der Waals surface area contributed by atoms with Gasteiger partial charge in [-0.1, -0.05) is 67.7 Å². The van der Waals surface area contributed by atoms with E-state index in [1.54, 1.807) is 29.2 Å². The lowest BCUT2D eigenvalue weighted by molar-refractivity contribution is -0.167. The number of benzene rings is 2. The molecule has 3 atom stereocenters. The molecule has 0 unspecified atom stereocenters. The Balaban J connectivity index is 2.07. The number of ether oxygens (including phenoxy) is 1. The van der Waals surface area contributed by atoms with E-state index in [2.05, 4.69) is 5.32 Å². The van der Waals surface area contributed by atoms with E-state index in [1.807, 2.05) is 38.1 Å². The molecule has 2 aromatic carbocycles. The topological polar surface area (TPSA) is 58.6 Å². The zero-order chi connectivity index (χ0) is 22.4. The molecule has 1 fully saturated rings. The third kappa shape index (κ3) is 5.59. The van der Waals surface area contributed by atoms with Crippen molar-refractivity contribution in [3.63, 3.8) is 0 Å². The Hall–Kier alpha value is -2.08. The van der Waals surface area contributed by atoms with Crippen LogP contribution >= 0.6 is 23.2 Å². The van der Waals surface area contributed by atoms with Crippen molar-refractivity contribution in [1.82, 2.24) is 10.2 Å². The Labute approximate surface area is 193 Å². The van der Waals surface area contributed by atoms with Crippen molar-refractivity contribution >= 4 is 35.0 Å². The summed E-state index contributed by atoms with van der Waals surface area (Å²) in [5.74, 6) is -0.331. The van der Waals surface area contributed by atoms with Crippen LogP contribution in [0.1, 0.15) is 56.4 Å². The van der Waals surface area contributed by atoms with E-state index in [-0.39, 0.29) is 18.4 Å². The summed E-state index contributed by atoms with van der Waals surface area (Å²) in [5, 5.41) is 4.19. The smallest absolute Gasteiger partial charge is 0.249 e. The molecule has 7 heteroatoms. The summed E-state index contributed by atoms with van der Waals surface area (Å²) in [4.78, 5) is 27.9. The van der Waals surface area contributed by atoms with E-state index < -0.39 is 18.2 Å². The fourth-order valence-electron chi connectivity index (χ4n) is 3.96. The summed E-state index contributed by atoms with van der Waals surface area (Å²) < 4.78 is 6.03. The van der Waals surface area contributed by atoms with Crippen molar-refractivity contribution in [3.05, 3.63) is 69.7 Å². The van der Waals surface area contributed by atoms with Gasteiger partial charge in [0.15, 0.2) is 0 Å². The van der Waals surface area contributed by atoms with E-state index in [1.165, 1.54) is 0 Å². The predicted molar refractivity (Wildman–Crippen MR) is 123 cm³/mol. The Bertz CT molecular complexity index is 887. The summed E-state index contributed by atoms with van der Waals surface area (Å²) in [7, 11) is 0. The van der Waals surface area contributed by atoms with Crippen LogP contribution in [-0.2, 0) is 14.3 Å². The molecule has 166 valence electrons. The lowest BCUT2D eigenvalue weighted by Gasteiger charge is -2.45. The Morgan fingerprint density at radius 3 is 2.16 bits per heavy atom. The zero-order valence-corrected chi connectivity index (χ0v) is 19.3. The highest BCUT2D eigenvalue weighted by Crippen LogP contribution is 2.42. The normalized spacial score (nSPS) is 19.9. The Morgan fingerprint density at radius 1 is 1.03 bits per heavy atom. The second-order valence-electron chi connectivity index (χ2n) is 7.68. The second kappa shape index (κ2) is 11.0. The number of hydrogen-bond acceptors (Lipinski definition) is 3. The quantitative estimate of drug-likeness (QED) is 0.576. The molecule has 2 amide bonds. The Kier molecular flexibility index (Phi) is 8.35. The van der Waals surface area contributed by atoms with Gasteiger partial charge in [0.05, 0.1) is 6.04 Å². The van der Waals surface area contributed by atoms with Gasteiger partial charge in [0.1, 0.15) is 18.8 Å². The van der Waals surface area contributed by atoms with Crippen LogP contribution in [0.15, 0.2) is 48.5 Å². The third-order valence-electron chi connectivity index (χ3n) is 5.42. The molecule has 0 spiro atoms. The number of rotatable bonds is 8. The van der Waals surface area contributed by atoms with Gasteiger partial charge in [-0.2, -0.15) is 0 Å². The molecule has 31 heavy (non-hydrogen) atoms. The standard InChI is InChI=1S/C24H28Cl2N2O3/c1-3-5-20(24(30)27-14-4-2)28-21(29)15-31-23(17-8-12-19(26)13-9-17)22(28)16-6-10-18(25)11-7-16/h6-13,20,22-23H,3-5,14-15H2,1-2H3,(H,27,30)/t20-,22+,23-/m0/s1. The maximum atomic E-state index is 13.1. The van der Waals surface area contributed by atoms with Crippen LogP contribution in [0.5, 0.6) is 0 Å². The van der Waals surface area contributed by atoms with Gasteiger partial charge >= 0.3 is 0 Å². The van der Waals surface area contributed by atoms with Crippen LogP contribution in [0, 0.1) is 0 Å². The van der Waals surface area contributed by atoms with Crippen LogP contribution in [0.25, 0.3) is 0 Å². The fraction of sp³-hybridized carbons (Fsp3) is 0.417. The monoisotopic (exact) mass is 462 g/mol. The molecular weight excluding hydrogens is 435 g/mol. The van der Waals surface area contributed by atoms with Crippen LogP contribution in [0.4, 0.5) is 0 Å². The maximum absolute atomic E-state index is 13.1. The first kappa shape index (κ1) is 23.6. The van der Waals surface area contributed by atoms with Gasteiger partial charge in [0.25, 0.3) is 0 Å². The average Bonchev–Trinajstić information content (AvgIpc) is 2.77. The van der Waals surface area contributed by atoms with E-state index in [4.69, 9.17) is 27.9 Å². The first-order valence-corrected chi connectivity index (χ1v) is 11.4. The molecule has 1 heterocycles. The molecule has 1 saturated heterocycles. The van der Waals surface area contributed by atoms with Gasteiger partial charge in [0.2, 0.25) is 11.8 Å². The molecule has 0 bridgehead atoms. The molecule has 5 nitrogen and oxygen atoms in total. The minimum atomic E-state index is -0.580. The first-order chi connectivity index (χ1) is 15.0. The fourth-order valence-corrected chi connectivity index (χ4v) is 4.21. The predicted octanol–water partition coefficient (Wildman–Crippen LogP) is 5.33. The molecule has 0 aliphatic carbocycles. The summed E-state index contributed by atoms with van der Waals surface area (Å²) in [6.07, 6.45) is 1.73. The summed E-state index contributed by atoms with van der Waals surface area (Å²) >= 11 is 12.2. The molecule has 0 saturated carbocycles. The lowest BCUT2D eigenvalue weighted by atomic mass is 9.90. The molecule has 2 aromatic rings. The van der Waals surface area contributed by atoms with Crippen molar-refractivity contribution < 1.29 is 14.3 Å². The number of carbonyl (C=O) groups is 2. The number of nitrogens with one attached hydrogen (secondary N) is 1. The largest absolute Gasteiger partial charge is 0.361 e. The first-order valence-electron chi connectivity index (χ1n) is 10.7. The average molecular weight is 463 g/mol. The molecule has 1 aliphatic rings. The van der Waals surface area contributed by atoms with Crippen molar-refractivity contribution in [2.24, 2.45) is 0 Å². The van der Waals surface area contributed by atoms with Crippen molar-refractivity contribution in [1.29, 1.82) is 0 Å². The molecule has 0 radical (unpaired) electrons. The number of carbonyl (C=O) groups excluding carboxylic acids is 2. The second-order valence-corrected chi connectivity index (χ2v) is 8.55. The van der Waals surface area contributed by atoms with E-state index in [0.717, 1.165) is 24.0 Å². The van der Waals surface area contributed by atoms with Crippen LogP contribution < -0.4 is 5.32 Å². The van der Waals surface area contributed by atoms with E-state index >= 15 is 0 Å². The van der Waals surface area contributed by atoms with Gasteiger partial charge in [-0.05, 0) is 48.2 Å². The summed E-state index contributed by atoms with van der Waals surface area (Å²) in [5.41, 5.74) is 1.76. The minimum Gasteiger partial charge on any atom is -0.361 e. The molecule has 0 aromatic heterocycles. The van der Waals surface area contributed by atoms with Crippen molar-refractivity contribution in [2.45, 2.75) is 51.3 Å². The summed E-state index contributed by atoms with van der Waals surface area (Å²) in [6.45, 7) is 4.50. The van der Waals surface area contributed by atoms with Crippen LogP contribution in [0.2, 0.25) is 10.0 Å². The highest BCUT2D eigenvalue weighted by molar-refractivity contribution is 6.30. The highest BCUT2D eigenvalue weighted by atomic mass is 35.5. The lowest BCUT2D eigenvalue weighted by Crippen LogP contribution is -2.56. The Morgan fingerprint density at radius 2 is 1.61 bits per heavy atom. The number of halogens is 2. The molecule has 1 aliphatic heterocycles. The van der Waals surface area contributed by atoms with Gasteiger partial charge in [-0.3, -0.25) is 9.59 Å². The molecule has 3 rings (SSSR count). The van der Waals surface area contributed by atoms with E-state index in [9.17, 15) is 9.59 Å². The van der Waals surface area contributed by atoms with E-state index in [0.29, 0.717) is 23.0 Å². The number of amides is 2. The highest BCUT2D eigenvalue weighted by Gasteiger charge is 2.43. The molecular formula is C24H28Cl2N2O3. The minimum absolute atomic E-state index is 0.0847. The number of hydrogen-bond donors (Lipinski definition) is 1. The summed E-state index contributed by atoms with van der Waals surface area (Å²) in [6, 6.07) is 13.7. The maximum Gasteiger partial charge on any atom is 0.249 e. The molecule has 1 N–H and O–H groups in total. The van der Waals surface area contributed by atoms with Crippen molar-refractivity contribution in [2.75, 3.05) is 13.2 Å². The van der Waals surface area contributed by atoms with Gasteiger partial charge < -0.3 is 15.0 Å². The van der Waals surface area contributed by atoms with Crippen LogP contribution in [0.3, 0.4) is 0 Å². The number of nitrogens with zero attached hydrogens (tertiary/aromatic N) is 1. The zero-order valence-electron chi connectivity index (χ0n) is 17.8. The van der Waals surface area contributed by atoms with Crippen molar-refractivity contribution in [3.8, 4) is 0 Å². The number of morpholine rings is 1.